The van der Waals surface area contributed by atoms with Crippen LogP contribution in [0.3, 0.4) is 0 Å². The highest BCUT2D eigenvalue weighted by molar-refractivity contribution is 7.99. The number of benzene rings is 1. The molecular formula is C17H14FN5O3S. The predicted molar refractivity (Wildman–Crippen MR) is 97.0 cm³/mol. The smallest absolute Gasteiger partial charge is 0.256 e. The molecule has 0 saturated carbocycles. The van der Waals surface area contributed by atoms with Crippen molar-refractivity contribution >= 4 is 35.3 Å². The van der Waals surface area contributed by atoms with E-state index in [4.69, 9.17) is 4.52 Å². The fourth-order valence-corrected chi connectivity index (χ4v) is 2.63. The van der Waals surface area contributed by atoms with E-state index in [9.17, 15) is 14.0 Å². The first-order valence-electron chi connectivity index (χ1n) is 7.76. The van der Waals surface area contributed by atoms with E-state index in [1.54, 1.807) is 25.1 Å². The van der Waals surface area contributed by atoms with Crippen molar-refractivity contribution < 1.29 is 18.5 Å². The van der Waals surface area contributed by atoms with Gasteiger partial charge in [-0.3, -0.25) is 14.9 Å². The quantitative estimate of drug-likeness (QED) is 0.626. The van der Waals surface area contributed by atoms with Crippen molar-refractivity contribution in [3.63, 3.8) is 0 Å². The highest BCUT2D eigenvalue weighted by Crippen LogP contribution is 2.17. The lowest BCUT2D eigenvalue weighted by atomic mass is 10.2. The third kappa shape index (κ3) is 5.35. The molecule has 0 atom stereocenters. The molecule has 3 aromatic rings. The van der Waals surface area contributed by atoms with E-state index in [0.717, 1.165) is 6.07 Å². The van der Waals surface area contributed by atoms with Gasteiger partial charge in [0.25, 0.3) is 5.91 Å². The van der Waals surface area contributed by atoms with Gasteiger partial charge < -0.3 is 9.84 Å². The molecule has 138 valence electrons. The molecule has 0 bridgehead atoms. The van der Waals surface area contributed by atoms with E-state index >= 15 is 0 Å². The summed E-state index contributed by atoms with van der Waals surface area (Å²) in [6.45, 7) is 1.75. The van der Waals surface area contributed by atoms with Crippen molar-refractivity contribution in [2.24, 2.45) is 0 Å². The van der Waals surface area contributed by atoms with Gasteiger partial charge in [-0.05, 0) is 37.3 Å². The number of aromatic nitrogens is 3. The van der Waals surface area contributed by atoms with Crippen LogP contribution in [0.5, 0.6) is 0 Å². The number of hydrogen-bond donors (Lipinski definition) is 2. The van der Waals surface area contributed by atoms with Crippen molar-refractivity contribution in [2.75, 3.05) is 16.4 Å². The molecule has 0 radical (unpaired) electrons. The second kappa shape index (κ2) is 8.41. The first kappa shape index (κ1) is 18.5. The SMILES string of the molecule is Cc1cc(NC(=O)CSc2ccc(NC(=O)c3cccc(F)c3)nn2)on1. The van der Waals surface area contributed by atoms with Gasteiger partial charge in [-0.15, -0.1) is 10.2 Å². The number of nitrogens with one attached hydrogen (secondary N) is 2. The molecule has 10 heteroatoms. The molecule has 0 unspecified atom stereocenters. The zero-order valence-corrected chi connectivity index (χ0v) is 14.9. The van der Waals surface area contributed by atoms with Crippen molar-refractivity contribution in [1.29, 1.82) is 0 Å². The van der Waals surface area contributed by atoms with Gasteiger partial charge in [0.15, 0.2) is 5.82 Å². The van der Waals surface area contributed by atoms with Crippen LogP contribution in [-0.2, 0) is 4.79 Å². The van der Waals surface area contributed by atoms with Crippen LogP contribution < -0.4 is 10.6 Å². The lowest BCUT2D eigenvalue weighted by Gasteiger charge is -2.05. The Bertz CT molecular complexity index is 961. The minimum absolute atomic E-state index is 0.101. The summed E-state index contributed by atoms with van der Waals surface area (Å²) >= 11 is 1.17. The molecule has 2 heterocycles. The van der Waals surface area contributed by atoms with Crippen molar-refractivity contribution in [3.8, 4) is 0 Å². The Morgan fingerprint density at radius 3 is 2.67 bits per heavy atom. The second-order valence-corrected chi connectivity index (χ2v) is 6.39. The Morgan fingerprint density at radius 2 is 2.00 bits per heavy atom. The standard InChI is InChI=1S/C17H14FN5O3S/c1-10-7-15(26-23-10)20-14(24)9-27-16-6-5-13(21-22-16)19-17(25)11-3-2-4-12(18)8-11/h2-8H,9H2,1H3,(H,20,24)(H,19,21,25). The van der Waals surface area contributed by atoms with Crippen LogP contribution in [0.1, 0.15) is 16.1 Å². The molecule has 0 spiro atoms. The van der Waals surface area contributed by atoms with Gasteiger partial charge in [-0.2, -0.15) is 0 Å². The van der Waals surface area contributed by atoms with Crippen LogP contribution in [0.25, 0.3) is 0 Å². The maximum absolute atomic E-state index is 13.2. The monoisotopic (exact) mass is 387 g/mol. The van der Waals surface area contributed by atoms with E-state index in [-0.39, 0.29) is 28.9 Å². The van der Waals surface area contributed by atoms with Gasteiger partial charge >= 0.3 is 0 Å². The molecule has 0 saturated heterocycles. The second-order valence-electron chi connectivity index (χ2n) is 5.39. The normalized spacial score (nSPS) is 10.4. The predicted octanol–water partition coefficient (Wildman–Crippen LogP) is 2.90. The Morgan fingerprint density at radius 1 is 1.15 bits per heavy atom. The Balaban J connectivity index is 1.51. The van der Waals surface area contributed by atoms with Crippen LogP contribution >= 0.6 is 11.8 Å². The van der Waals surface area contributed by atoms with E-state index in [1.807, 2.05) is 0 Å². The molecule has 0 aliphatic heterocycles. The summed E-state index contributed by atoms with van der Waals surface area (Å²) < 4.78 is 18.1. The van der Waals surface area contributed by atoms with Crippen LogP contribution in [0.15, 0.2) is 52.0 Å². The Labute approximate surface area is 157 Å². The Hall–Kier alpha value is -3.27. The van der Waals surface area contributed by atoms with Gasteiger partial charge in [-0.1, -0.05) is 23.0 Å². The number of amides is 2. The van der Waals surface area contributed by atoms with E-state index < -0.39 is 11.7 Å². The van der Waals surface area contributed by atoms with E-state index in [0.29, 0.717) is 10.7 Å². The van der Waals surface area contributed by atoms with Crippen LogP contribution in [0.2, 0.25) is 0 Å². The lowest BCUT2D eigenvalue weighted by Crippen LogP contribution is -2.14. The average Bonchev–Trinajstić information content (AvgIpc) is 3.06. The zero-order valence-electron chi connectivity index (χ0n) is 14.1. The van der Waals surface area contributed by atoms with Crippen LogP contribution in [-0.4, -0.2) is 32.9 Å². The molecule has 3 rings (SSSR count). The largest absolute Gasteiger partial charge is 0.338 e. The topological polar surface area (TPSA) is 110 Å². The summed E-state index contributed by atoms with van der Waals surface area (Å²) in [5.41, 5.74) is 0.842. The number of rotatable bonds is 6. The molecule has 2 amide bonds. The van der Waals surface area contributed by atoms with Crippen LogP contribution in [0.4, 0.5) is 16.1 Å². The molecule has 0 aliphatic rings. The van der Waals surface area contributed by atoms with Gasteiger partial charge in [-0.25, -0.2) is 4.39 Å². The molecule has 8 nitrogen and oxygen atoms in total. The fraction of sp³-hybridized carbons (Fsp3) is 0.118. The highest BCUT2D eigenvalue weighted by atomic mass is 32.2. The molecule has 0 fully saturated rings. The summed E-state index contributed by atoms with van der Waals surface area (Å²) in [6.07, 6.45) is 0. The average molecular weight is 387 g/mol. The number of thioether (sulfide) groups is 1. The van der Waals surface area contributed by atoms with Crippen molar-refractivity contribution in [3.05, 3.63) is 59.5 Å². The molecule has 0 aliphatic carbocycles. The van der Waals surface area contributed by atoms with Gasteiger partial charge in [0.2, 0.25) is 11.8 Å². The number of anilines is 2. The number of carbonyl (C=O) groups is 2. The van der Waals surface area contributed by atoms with E-state index in [2.05, 4.69) is 26.0 Å². The zero-order chi connectivity index (χ0) is 19.2. The minimum atomic E-state index is -0.501. The first-order chi connectivity index (χ1) is 13.0. The number of hydrogen-bond acceptors (Lipinski definition) is 7. The highest BCUT2D eigenvalue weighted by Gasteiger charge is 2.10. The molecular weight excluding hydrogens is 373 g/mol. The summed E-state index contributed by atoms with van der Waals surface area (Å²) in [6, 6.07) is 10.1. The summed E-state index contributed by atoms with van der Waals surface area (Å²) in [5.74, 6) is -0.676. The summed E-state index contributed by atoms with van der Waals surface area (Å²) in [5, 5.41) is 17.1. The third-order valence-corrected chi connectivity index (χ3v) is 4.13. The summed E-state index contributed by atoms with van der Waals surface area (Å²) in [7, 11) is 0. The number of halogens is 1. The minimum Gasteiger partial charge on any atom is -0.338 e. The van der Waals surface area contributed by atoms with Crippen molar-refractivity contribution in [2.45, 2.75) is 11.9 Å². The summed E-state index contributed by atoms with van der Waals surface area (Å²) in [4.78, 5) is 23.9. The first-order valence-corrected chi connectivity index (χ1v) is 8.75. The maximum Gasteiger partial charge on any atom is 0.256 e. The van der Waals surface area contributed by atoms with E-state index in [1.165, 1.54) is 30.0 Å². The number of aryl methyl sites for hydroxylation is 1. The molecule has 2 aromatic heterocycles. The molecule has 2 N–H and O–H groups in total. The third-order valence-electron chi connectivity index (χ3n) is 3.21. The molecule has 1 aromatic carbocycles. The lowest BCUT2D eigenvalue weighted by molar-refractivity contribution is -0.113. The van der Waals surface area contributed by atoms with Gasteiger partial charge in [0, 0.05) is 11.6 Å². The van der Waals surface area contributed by atoms with Gasteiger partial charge in [0.1, 0.15) is 10.8 Å². The molecule has 27 heavy (non-hydrogen) atoms. The van der Waals surface area contributed by atoms with Gasteiger partial charge in [0.05, 0.1) is 11.4 Å². The number of carbonyl (C=O) groups excluding carboxylic acids is 2. The maximum atomic E-state index is 13.2. The van der Waals surface area contributed by atoms with Crippen molar-refractivity contribution in [1.82, 2.24) is 15.4 Å². The Kier molecular flexibility index (Phi) is 5.77. The fourth-order valence-electron chi connectivity index (χ4n) is 2.02. The van der Waals surface area contributed by atoms with Crippen LogP contribution in [0, 0.1) is 12.7 Å². The number of nitrogens with zero attached hydrogens (tertiary/aromatic N) is 3.